The molecule has 1 aromatic carbocycles. The van der Waals surface area contributed by atoms with Crippen LogP contribution in [0.5, 0.6) is 0 Å². The Bertz CT molecular complexity index is 575. The number of halogens is 1. The highest BCUT2D eigenvalue weighted by molar-refractivity contribution is 9.10. The Labute approximate surface area is 129 Å². The number of imidazole rings is 1. The van der Waals surface area contributed by atoms with Gasteiger partial charge in [-0.25, -0.2) is 4.98 Å². The summed E-state index contributed by atoms with van der Waals surface area (Å²) < 4.78 is 3.22. The normalized spacial score (nSPS) is 10.9. The van der Waals surface area contributed by atoms with E-state index in [4.69, 9.17) is 10.7 Å². The predicted octanol–water partition coefficient (Wildman–Crippen LogP) is 4.65. The standard InChI is InChI=1S/C16H22BrN3/c1-3-5-11-20-14(8-4-2)19-15(16(20)18)12-9-6-7-10-13(12)17/h6-7,9-10H,3-5,8,11,18H2,1-2H3. The maximum Gasteiger partial charge on any atom is 0.131 e. The van der Waals surface area contributed by atoms with Gasteiger partial charge in [0, 0.05) is 23.0 Å². The van der Waals surface area contributed by atoms with E-state index >= 15 is 0 Å². The van der Waals surface area contributed by atoms with Crippen molar-refractivity contribution in [3.8, 4) is 11.3 Å². The Kier molecular flexibility index (Phi) is 5.24. The van der Waals surface area contributed by atoms with E-state index in [0.29, 0.717) is 0 Å². The molecule has 2 N–H and O–H groups in total. The Hall–Kier alpha value is -1.29. The molecule has 0 saturated carbocycles. The quantitative estimate of drug-likeness (QED) is 0.835. The molecule has 0 saturated heterocycles. The number of aryl methyl sites for hydroxylation is 1. The van der Waals surface area contributed by atoms with Crippen LogP contribution in [0.4, 0.5) is 5.82 Å². The van der Waals surface area contributed by atoms with Gasteiger partial charge in [0.15, 0.2) is 0 Å². The van der Waals surface area contributed by atoms with E-state index in [9.17, 15) is 0 Å². The fourth-order valence-corrected chi connectivity index (χ4v) is 2.82. The van der Waals surface area contributed by atoms with Gasteiger partial charge in [-0.05, 0) is 18.9 Å². The van der Waals surface area contributed by atoms with E-state index in [2.05, 4.69) is 40.4 Å². The predicted molar refractivity (Wildman–Crippen MR) is 88.7 cm³/mol. The number of hydrogen-bond donors (Lipinski definition) is 1. The topological polar surface area (TPSA) is 43.8 Å². The molecule has 3 nitrogen and oxygen atoms in total. The van der Waals surface area contributed by atoms with Crippen LogP contribution in [-0.4, -0.2) is 9.55 Å². The molecule has 1 heterocycles. The third kappa shape index (κ3) is 3.06. The third-order valence-corrected chi connectivity index (χ3v) is 4.12. The summed E-state index contributed by atoms with van der Waals surface area (Å²) in [5, 5.41) is 0. The van der Waals surface area contributed by atoms with Gasteiger partial charge < -0.3 is 10.3 Å². The van der Waals surface area contributed by atoms with Gasteiger partial charge in [-0.15, -0.1) is 0 Å². The van der Waals surface area contributed by atoms with Crippen LogP contribution in [-0.2, 0) is 13.0 Å². The maximum absolute atomic E-state index is 6.36. The van der Waals surface area contributed by atoms with Gasteiger partial charge in [-0.2, -0.15) is 0 Å². The zero-order chi connectivity index (χ0) is 14.5. The fraction of sp³-hybridized carbons (Fsp3) is 0.438. The van der Waals surface area contributed by atoms with Gasteiger partial charge in [0.05, 0.1) is 0 Å². The summed E-state index contributed by atoms with van der Waals surface area (Å²) in [6.07, 6.45) is 4.34. The zero-order valence-corrected chi connectivity index (χ0v) is 13.8. The van der Waals surface area contributed by atoms with Gasteiger partial charge in [0.2, 0.25) is 0 Å². The number of benzene rings is 1. The Balaban J connectivity index is 2.46. The lowest BCUT2D eigenvalue weighted by molar-refractivity contribution is 0.604. The van der Waals surface area contributed by atoms with Crippen LogP contribution in [0.1, 0.15) is 38.9 Å². The van der Waals surface area contributed by atoms with Crippen molar-refractivity contribution < 1.29 is 0 Å². The van der Waals surface area contributed by atoms with Crippen LogP contribution in [0.15, 0.2) is 28.7 Å². The van der Waals surface area contributed by atoms with E-state index < -0.39 is 0 Å². The SMILES string of the molecule is CCCCn1c(CCC)nc(-c2ccccc2Br)c1N. The van der Waals surface area contributed by atoms with Crippen LogP contribution < -0.4 is 5.73 Å². The summed E-state index contributed by atoms with van der Waals surface area (Å²) in [7, 11) is 0. The first-order chi connectivity index (χ1) is 9.69. The van der Waals surface area contributed by atoms with Crippen molar-refractivity contribution in [3.63, 3.8) is 0 Å². The van der Waals surface area contributed by atoms with Crippen molar-refractivity contribution in [1.82, 2.24) is 9.55 Å². The maximum atomic E-state index is 6.36. The van der Waals surface area contributed by atoms with E-state index in [1.807, 2.05) is 18.2 Å². The third-order valence-electron chi connectivity index (χ3n) is 3.42. The molecule has 0 aliphatic carbocycles. The molecule has 0 aliphatic rings. The first kappa shape index (κ1) is 15.1. The fourth-order valence-electron chi connectivity index (χ4n) is 2.35. The molecule has 108 valence electrons. The highest BCUT2D eigenvalue weighted by Crippen LogP contribution is 2.32. The molecule has 0 bridgehead atoms. The second-order valence-electron chi connectivity index (χ2n) is 5.00. The smallest absolute Gasteiger partial charge is 0.131 e. The minimum absolute atomic E-state index is 0.786. The van der Waals surface area contributed by atoms with Crippen molar-refractivity contribution in [1.29, 1.82) is 0 Å². The summed E-state index contributed by atoms with van der Waals surface area (Å²) in [6.45, 7) is 5.32. The number of nitrogens with two attached hydrogens (primary N) is 1. The highest BCUT2D eigenvalue weighted by Gasteiger charge is 2.16. The first-order valence-corrected chi connectivity index (χ1v) is 8.08. The molecule has 2 aromatic rings. The molecule has 0 spiro atoms. The van der Waals surface area contributed by atoms with Crippen molar-refractivity contribution in [2.24, 2.45) is 0 Å². The first-order valence-electron chi connectivity index (χ1n) is 7.28. The summed E-state index contributed by atoms with van der Waals surface area (Å²) in [5.41, 5.74) is 8.32. The molecule has 0 atom stereocenters. The Morgan fingerprint density at radius 3 is 2.60 bits per heavy atom. The van der Waals surface area contributed by atoms with Crippen LogP contribution in [0.25, 0.3) is 11.3 Å². The summed E-state index contributed by atoms with van der Waals surface area (Å²) in [6, 6.07) is 8.11. The summed E-state index contributed by atoms with van der Waals surface area (Å²) >= 11 is 3.59. The van der Waals surface area contributed by atoms with E-state index in [1.54, 1.807) is 0 Å². The average molecular weight is 336 g/mol. The monoisotopic (exact) mass is 335 g/mol. The highest BCUT2D eigenvalue weighted by atomic mass is 79.9. The summed E-state index contributed by atoms with van der Waals surface area (Å²) in [4.78, 5) is 4.79. The van der Waals surface area contributed by atoms with E-state index in [-0.39, 0.29) is 0 Å². The van der Waals surface area contributed by atoms with Gasteiger partial charge in [-0.3, -0.25) is 0 Å². The lowest BCUT2D eigenvalue weighted by Gasteiger charge is -2.08. The minimum atomic E-state index is 0.786. The minimum Gasteiger partial charge on any atom is -0.383 e. The van der Waals surface area contributed by atoms with Gasteiger partial charge in [0.25, 0.3) is 0 Å². The second-order valence-corrected chi connectivity index (χ2v) is 5.85. The summed E-state index contributed by atoms with van der Waals surface area (Å²) in [5.74, 6) is 1.89. The van der Waals surface area contributed by atoms with Crippen molar-refractivity contribution in [3.05, 3.63) is 34.6 Å². The number of nitrogen functional groups attached to an aromatic ring is 1. The van der Waals surface area contributed by atoms with Crippen LogP contribution >= 0.6 is 15.9 Å². The molecule has 0 aliphatic heterocycles. The van der Waals surface area contributed by atoms with E-state index in [1.165, 1.54) is 0 Å². The number of nitrogens with zero attached hydrogens (tertiary/aromatic N) is 2. The average Bonchev–Trinajstić information content (AvgIpc) is 2.74. The van der Waals surface area contributed by atoms with Gasteiger partial charge in [-0.1, -0.05) is 54.4 Å². The van der Waals surface area contributed by atoms with Crippen molar-refractivity contribution in [2.45, 2.75) is 46.1 Å². The van der Waals surface area contributed by atoms with Crippen LogP contribution in [0, 0.1) is 0 Å². The van der Waals surface area contributed by atoms with Crippen LogP contribution in [0.3, 0.4) is 0 Å². The van der Waals surface area contributed by atoms with Crippen molar-refractivity contribution in [2.75, 3.05) is 5.73 Å². The molecule has 0 amide bonds. The lowest BCUT2D eigenvalue weighted by atomic mass is 10.1. The molecule has 4 heteroatoms. The Morgan fingerprint density at radius 2 is 1.95 bits per heavy atom. The molecular formula is C16H22BrN3. The Morgan fingerprint density at radius 1 is 1.20 bits per heavy atom. The van der Waals surface area contributed by atoms with Gasteiger partial charge >= 0.3 is 0 Å². The van der Waals surface area contributed by atoms with E-state index in [0.717, 1.165) is 59.6 Å². The van der Waals surface area contributed by atoms with Crippen LogP contribution in [0.2, 0.25) is 0 Å². The molecule has 20 heavy (non-hydrogen) atoms. The number of aromatic nitrogens is 2. The van der Waals surface area contributed by atoms with Gasteiger partial charge in [0.1, 0.15) is 17.3 Å². The molecule has 0 unspecified atom stereocenters. The largest absolute Gasteiger partial charge is 0.383 e. The number of unbranched alkanes of at least 4 members (excludes halogenated alkanes) is 1. The number of anilines is 1. The molecule has 2 rings (SSSR count). The molecular weight excluding hydrogens is 314 g/mol. The molecule has 1 aromatic heterocycles. The number of rotatable bonds is 6. The second kappa shape index (κ2) is 6.93. The molecule has 0 radical (unpaired) electrons. The van der Waals surface area contributed by atoms with Crippen molar-refractivity contribution >= 4 is 21.7 Å². The zero-order valence-electron chi connectivity index (χ0n) is 12.2. The molecule has 0 fully saturated rings. The number of hydrogen-bond acceptors (Lipinski definition) is 2. The lowest BCUT2D eigenvalue weighted by Crippen LogP contribution is -2.07.